The Morgan fingerprint density at radius 2 is 1.66 bits per heavy atom. The first-order chi connectivity index (χ1) is 13.9. The summed E-state index contributed by atoms with van der Waals surface area (Å²) >= 11 is 5.92. The van der Waals surface area contributed by atoms with Crippen molar-refractivity contribution < 1.29 is 14.3 Å². The molecule has 0 unspecified atom stereocenters. The lowest BCUT2D eigenvalue weighted by Gasteiger charge is -2.12. The fourth-order valence-electron chi connectivity index (χ4n) is 2.78. The fourth-order valence-corrected chi connectivity index (χ4v) is 3.01. The van der Waals surface area contributed by atoms with Gasteiger partial charge >= 0.3 is 0 Å². The molecule has 2 amide bonds. The summed E-state index contributed by atoms with van der Waals surface area (Å²) in [6, 6.07) is 19.5. The minimum Gasteiger partial charge on any atom is -0.483 e. The predicted octanol–water partition coefficient (Wildman–Crippen LogP) is 5.23. The predicted molar refractivity (Wildman–Crippen MR) is 116 cm³/mol. The van der Waals surface area contributed by atoms with E-state index >= 15 is 0 Å². The van der Waals surface area contributed by atoms with Gasteiger partial charge in [0.2, 0.25) is 0 Å². The van der Waals surface area contributed by atoms with Crippen LogP contribution in [-0.2, 0) is 4.79 Å². The monoisotopic (exact) mass is 408 g/mol. The van der Waals surface area contributed by atoms with E-state index < -0.39 is 0 Å². The van der Waals surface area contributed by atoms with E-state index in [4.69, 9.17) is 16.3 Å². The van der Waals surface area contributed by atoms with E-state index in [9.17, 15) is 9.59 Å². The number of hydrogen-bond donors (Lipinski definition) is 2. The molecule has 0 heterocycles. The zero-order chi connectivity index (χ0) is 20.8. The maximum Gasteiger partial charge on any atom is 0.262 e. The van der Waals surface area contributed by atoms with Crippen LogP contribution < -0.4 is 15.4 Å². The van der Waals surface area contributed by atoms with Crippen LogP contribution in [0.5, 0.6) is 5.75 Å². The molecule has 3 aromatic rings. The summed E-state index contributed by atoms with van der Waals surface area (Å²) in [4.78, 5) is 24.5. The Bertz CT molecular complexity index is 1040. The van der Waals surface area contributed by atoms with Crippen LogP contribution >= 0.6 is 11.6 Å². The average Bonchev–Trinajstić information content (AvgIpc) is 2.70. The van der Waals surface area contributed by atoms with E-state index in [0.29, 0.717) is 27.7 Å². The third-order valence-electron chi connectivity index (χ3n) is 4.29. The molecule has 0 atom stereocenters. The van der Waals surface area contributed by atoms with Gasteiger partial charge in [0.25, 0.3) is 11.8 Å². The molecule has 0 saturated carbocycles. The number of nitrogens with one attached hydrogen (secondary N) is 2. The molecular weight excluding hydrogens is 388 g/mol. The molecule has 148 valence electrons. The number of benzene rings is 3. The molecule has 0 bridgehead atoms. The minimum atomic E-state index is -0.278. The van der Waals surface area contributed by atoms with Crippen molar-refractivity contribution in [1.82, 2.24) is 0 Å². The van der Waals surface area contributed by atoms with Gasteiger partial charge in [-0.1, -0.05) is 29.8 Å². The molecule has 0 radical (unpaired) electrons. The van der Waals surface area contributed by atoms with E-state index in [0.717, 1.165) is 11.1 Å². The molecule has 29 heavy (non-hydrogen) atoms. The van der Waals surface area contributed by atoms with Gasteiger partial charge in [0.1, 0.15) is 5.75 Å². The van der Waals surface area contributed by atoms with Crippen molar-refractivity contribution in [3.8, 4) is 5.75 Å². The van der Waals surface area contributed by atoms with E-state index in [-0.39, 0.29) is 18.4 Å². The topological polar surface area (TPSA) is 67.4 Å². The van der Waals surface area contributed by atoms with Gasteiger partial charge < -0.3 is 15.4 Å². The Labute approximate surface area is 174 Å². The number of ether oxygens (including phenoxy) is 1. The van der Waals surface area contributed by atoms with Gasteiger partial charge in [0.15, 0.2) is 6.61 Å². The molecule has 0 aliphatic heterocycles. The number of halogens is 1. The Hall–Kier alpha value is -3.31. The summed E-state index contributed by atoms with van der Waals surface area (Å²) in [7, 11) is 0. The third-order valence-corrected chi connectivity index (χ3v) is 4.53. The Balaban J connectivity index is 1.58. The maximum absolute atomic E-state index is 12.3. The number of rotatable bonds is 6. The summed E-state index contributed by atoms with van der Waals surface area (Å²) in [6.07, 6.45) is 0. The minimum absolute atomic E-state index is 0.117. The van der Waals surface area contributed by atoms with E-state index in [1.807, 2.05) is 32.0 Å². The standard InChI is InChI=1S/C23H21ClN2O3/c1-15-13-19(9-10-20(15)26-23(28)17-6-4-3-5-7-17)25-22(27)14-29-21-11-8-18(24)12-16(21)2/h3-13H,14H2,1-2H3,(H,25,27)(H,26,28). The molecule has 3 rings (SSSR count). The van der Waals surface area contributed by atoms with Gasteiger partial charge in [-0.15, -0.1) is 0 Å². The Morgan fingerprint density at radius 3 is 2.34 bits per heavy atom. The van der Waals surface area contributed by atoms with Gasteiger partial charge in [-0.05, 0) is 73.5 Å². The van der Waals surface area contributed by atoms with E-state index in [2.05, 4.69) is 10.6 Å². The van der Waals surface area contributed by atoms with E-state index in [1.165, 1.54) is 0 Å². The first-order valence-electron chi connectivity index (χ1n) is 9.08. The van der Waals surface area contributed by atoms with Crippen LogP contribution in [0, 0.1) is 13.8 Å². The fraction of sp³-hybridized carbons (Fsp3) is 0.130. The molecule has 0 aliphatic carbocycles. The highest BCUT2D eigenvalue weighted by atomic mass is 35.5. The SMILES string of the molecule is Cc1cc(NC(=O)COc2ccc(Cl)cc2C)ccc1NC(=O)c1ccccc1. The average molecular weight is 409 g/mol. The lowest BCUT2D eigenvalue weighted by molar-refractivity contribution is -0.118. The number of hydrogen-bond acceptors (Lipinski definition) is 3. The zero-order valence-electron chi connectivity index (χ0n) is 16.2. The number of carbonyl (C=O) groups is 2. The first-order valence-corrected chi connectivity index (χ1v) is 9.46. The molecule has 0 aromatic heterocycles. The second kappa shape index (κ2) is 9.26. The number of amides is 2. The third kappa shape index (κ3) is 5.59. The highest BCUT2D eigenvalue weighted by Gasteiger charge is 2.10. The van der Waals surface area contributed by atoms with Crippen molar-refractivity contribution in [2.24, 2.45) is 0 Å². The summed E-state index contributed by atoms with van der Waals surface area (Å²) < 4.78 is 5.55. The lowest BCUT2D eigenvalue weighted by atomic mass is 10.1. The van der Waals surface area contributed by atoms with Gasteiger partial charge in [0.05, 0.1) is 0 Å². The highest BCUT2D eigenvalue weighted by molar-refractivity contribution is 6.30. The molecule has 0 aliphatic rings. The molecule has 5 nitrogen and oxygen atoms in total. The van der Waals surface area contributed by atoms with Crippen LogP contribution in [0.2, 0.25) is 5.02 Å². The smallest absolute Gasteiger partial charge is 0.262 e. The quantitative estimate of drug-likeness (QED) is 0.587. The largest absolute Gasteiger partial charge is 0.483 e. The van der Waals surface area contributed by atoms with Gasteiger partial charge in [0, 0.05) is 22.0 Å². The van der Waals surface area contributed by atoms with Crippen molar-refractivity contribution >= 4 is 34.8 Å². The van der Waals surface area contributed by atoms with Crippen LogP contribution in [0.15, 0.2) is 66.7 Å². The van der Waals surface area contributed by atoms with Crippen molar-refractivity contribution in [1.29, 1.82) is 0 Å². The van der Waals surface area contributed by atoms with Gasteiger partial charge in [-0.3, -0.25) is 9.59 Å². The highest BCUT2D eigenvalue weighted by Crippen LogP contribution is 2.23. The molecule has 0 spiro atoms. The number of aryl methyl sites for hydroxylation is 2. The number of carbonyl (C=O) groups excluding carboxylic acids is 2. The molecule has 0 fully saturated rings. The summed E-state index contributed by atoms with van der Waals surface area (Å²) in [6.45, 7) is 3.61. The summed E-state index contributed by atoms with van der Waals surface area (Å²) in [5, 5.41) is 6.29. The van der Waals surface area contributed by atoms with Gasteiger partial charge in [-0.25, -0.2) is 0 Å². The van der Waals surface area contributed by atoms with Gasteiger partial charge in [-0.2, -0.15) is 0 Å². The van der Waals surface area contributed by atoms with Crippen molar-refractivity contribution in [3.63, 3.8) is 0 Å². The lowest BCUT2D eigenvalue weighted by Crippen LogP contribution is -2.20. The first kappa shape index (κ1) is 20.4. The summed E-state index contributed by atoms with van der Waals surface area (Å²) in [5.74, 6) is 0.150. The van der Waals surface area contributed by atoms with Crippen molar-refractivity contribution in [3.05, 3.63) is 88.4 Å². The van der Waals surface area contributed by atoms with Crippen LogP contribution in [0.1, 0.15) is 21.5 Å². The summed E-state index contributed by atoms with van der Waals surface area (Å²) in [5.41, 5.74) is 3.59. The molecule has 6 heteroatoms. The van der Waals surface area contributed by atoms with Crippen LogP contribution in [0.4, 0.5) is 11.4 Å². The number of anilines is 2. The Morgan fingerprint density at radius 1 is 0.897 bits per heavy atom. The maximum atomic E-state index is 12.3. The van der Waals surface area contributed by atoms with Crippen LogP contribution in [0.3, 0.4) is 0 Å². The Kier molecular flexibility index (Phi) is 6.52. The van der Waals surface area contributed by atoms with Crippen LogP contribution in [0.25, 0.3) is 0 Å². The molecule has 2 N–H and O–H groups in total. The van der Waals surface area contributed by atoms with Crippen molar-refractivity contribution in [2.45, 2.75) is 13.8 Å². The second-order valence-corrected chi connectivity index (χ2v) is 7.03. The van der Waals surface area contributed by atoms with Crippen molar-refractivity contribution in [2.75, 3.05) is 17.2 Å². The molecular formula is C23H21ClN2O3. The van der Waals surface area contributed by atoms with Crippen LogP contribution in [-0.4, -0.2) is 18.4 Å². The zero-order valence-corrected chi connectivity index (χ0v) is 16.9. The second-order valence-electron chi connectivity index (χ2n) is 6.60. The molecule has 3 aromatic carbocycles. The van der Waals surface area contributed by atoms with E-state index in [1.54, 1.807) is 48.5 Å². The normalized spacial score (nSPS) is 10.3. The molecule has 0 saturated heterocycles.